The Balaban J connectivity index is 2.89. The van der Waals surface area contributed by atoms with Crippen LogP contribution in [0.1, 0.15) is 12.5 Å². The van der Waals surface area contributed by atoms with Gasteiger partial charge in [-0.2, -0.15) is 0 Å². The first kappa shape index (κ1) is 8.59. The SMILES string of the molecule is CCN=C(N)c1ccc(N)cc1. The molecule has 0 atom stereocenters. The van der Waals surface area contributed by atoms with Crippen LogP contribution in [0.2, 0.25) is 0 Å². The summed E-state index contributed by atoms with van der Waals surface area (Å²) in [6, 6.07) is 7.36. The summed E-state index contributed by atoms with van der Waals surface area (Å²) in [7, 11) is 0. The Kier molecular flexibility index (Phi) is 2.69. The third-order valence-electron chi connectivity index (χ3n) is 1.53. The van der Waals surface area contributed by atoms with Gasteiger partial charge < -0.3 is 11.5 Å². The normalized spacial score (nSPS) is 11.6. The maximum absolute atomic E-state index is 5.66. The summed E-state index contributed by atoms with van der Waals surface area (Å²) in [6.07, 6.45) is 0. The fourth-order valence-electron chi connectivity index (χ4n) is 0.916. The third-order valence-corrected chi connectivity index (χ3v) is 1.53. The second-order valence-electron chi connectivity index (χ2n) is 2.48. The van der Waals surface area contributed by atoms with Crippen LogP contribution in [-0.2, 0) is 0 Å². The number of aliphatic imine (C=N–C) groups is 1. The minimum Gasteiger partial charge on any atom is -0.399 e. The van der Waals surface area contributed by atoms with Crippen molar-refractivity contribution in [1.29, 1.82) is 0 Å². The topological polar surface area (TPSA) is 64.4 Å². The molecule has 4 N–H and O–H groups in total. The highest BCUT2D eigenvalue weighted by Gasteiger charge is 1.95. The second-order valence-corrected chi connectivity index (χ2v) is 2.48. The lowest BCUT2D eigenvalue weighted by Crippen LogP contribution is -2.13. The number of nitrogen functional groups attached to an aromatic ring is 1. The van der Waals surface area contributed by atoms with Crippen molar-refractivity contribution >= 4 is 11.5 Å². The fourth-order valence-corrected chi connectivity index (χ4v) is 0.916. The zero-order valence-electron chi connectivity index (χ0n) is 7.12. The zero-order chi connectivity index (χ0) is 8.97. The smallest absolute Gasteiger partial charge is 0.125 e. The molecule has 0 saturated heterocycles. The van der Waals surface area contributed by atoms with Crippen LogP contribution in [0.4, 0.5) is 5.69 Å². The summed E-state index contributed by atoms with van der Waals surface area (Å²) >= 11 is 0. The minimum absolute atomic E-state index is 0.567. The summed E-state index contributed by atoms with van der Waals surface area (Å²) in [5.74, 6) is 0.567. The van der Waals surface area contributed by atoms with Crippen LogP contribution in [0.25, 0.3) is 0 Å². The number of hydrogen-bond donors (Lipinski definition) is 2. The van der Waals surface area contributed by atoms with E-state index in [2.05, 4.69) is 4.99 Å². The molecule has 0 radical (unpaired) electrons. The van der Waals surface area contributed by atoms with Gasteiger partial charge in [0, 0.05) is 17.8 Å². The molecule has 3 nitrogen and oxygen atoms in total. The van der Waals surface area contributed by atoms with E-state index >= 15 is 0 Å². The number of benzene rings is 1. The lowest BCUT2D eigenvalue weighted by Gasteiger charge is -1.99. The van der Waals surface area contributed by atoms with Gasteiger partial charge in [-0.05, 0) is 31.2 Å². The molecular weight excluding hydrogens is 150 g/mol. The third kappa shape index (κ3) is 1.99. The van der Waals surface area contributed by atoms with Gasteiger partial charge in [0.05, 0.1) is 0 Å². The number of hydrogen-bond acceptors (Lipinski definition) is 2. The van der Waals surface area contributed by atoms with E-state index in [0.29, 0.717) is 12.4 Å². The molecule has 3 heteroatoms. The maximum atomic E-state index is 5.66. The first-order chi connectivity index (χ1) is 5.74. The van der Waals surface area contributed by atoms with Crippen LogP contribution >= 0.6 is 0 Å². The number of amidine groups is 1. The molecule has 0 heterocycles. The predicted octanol–water partition coefficient (Wildman–Crippen LogP) is 0.994. The van der Waals surface area contributed by atoms with Gasteiger partial charge in [0.15, 0.2) is 0 Å². The molecule has 0 fully saturated rings. The Labute approximate surface area is 72.1 Å². The van der Waals surface area contributed by atoms with E-state index in [1.807, 2.05) is 31.2 Å². The van der Waals surface area contributed by atoms with E-state index in [1.165, 1.54) is 0 Å². The van der Waals surface area contributed by atoms with Crippen molar-refractivity contribution in [3.8, 4) is 0 Å². The van der Waals surface area contributed by atoms with Crippen molar-refractivity contribution < 1.29 is 0 Å². The van der Waals surface area contributed by atoms with E-state index in [0.717, 1.165) is 11.3 Å². The Bertz CT molecular complexity index is 274. The van der Waals surface area contributed by atoms with Crippen molar-refractivity contribution in [3.63, 3.8) is 0 Å². The summed E-state index contributed by atoms with van der Waals surface area (Å²) < 4.78 is 0. The summed E-state index contributed by atoms with van der Waals surface area (Å²) in [6.45, 7) is 2.65. The van der Waals surface area contributed by atoms with E-state index < -0.39 is 0 Å². The van der Waals surface area contributed by atoms with Crippen LogP contribution in [0, 0.1) is 0 Å². The van der Waals surface area contributed by atoms with Crippen molar-refractivity contribution in [3.05, 3.63) is 29.8 Å². The number of nitrogens with two attached hydrogens (primary N) is 2. The lowest BCUT2D eigenvalue weighted by molar-refractivity contribution is 1.12. The molecule has 0 aliphatic heterocycles. The quantitative estimate of drug-likeness (QED) is 0.388. The molecule has 12 heavy (non-hydrogen) atoms. The number of rotatable bonds is 2. The molecule has 0 spiro atoms. The summed E-state index contributed by atoms with van der Waals surface area (Å²) in [5, 5.41) is 0. The standard InChI is InChI=1S/C9H13N3/c1-2-12-9(11)7-3-5-8(10)6-4-7/h3-6H,2,10H2,1H3,(H2,11,12). The molecule has 0 unspecified atom stereocenters. The summed E-state index contributed by atoms with van der Waals surface area (Å²) in [5.41, 5.74) is 12.8. The van der Waals surface area contributed by atoms with Crippen LogP contribution < -0.4 is 11.5 Å². The first-order valence-electron chi connectivity index (χ1n) is 3.90. The Morgan fingerprint density at radius 1 is 1.33 bits per heavy atom. The summed E-state index contributed by atoms with van der Waals surface area (Å²) in [4.78, 5) is 4.08. The molecule has 1 rings (SSSR count). The highest BCUT2D eigenvalue weighted by molar-refractivity contribution is 5.97. The van der Waals surface area contributed by atoms with Gasteiger partial charge in [0.25, 0.3) is 0 Å². The molecule has 0 saturated carbocycles. The average molecular weight is 163 g/mol. The van der Waals surface area contributed by atoms with Crippen LogP contribution in [-0.4, -0.2) is 12.4 Å². The molecule has 64 valence electrons. The molecule has 0 aromatic heterocycles. The van der Waals surface area contributed by atoms with E-state index in [-0.39, 0.29) is 0 Å². The molecule has 0 amide bonds. The Morgan fingerprint density at radius 3 is 2.42 bits per heavy atom. The van der Waals surface area contributed by atoms with Gasteiger partial charge in [0.1, 0.15) is 5.84 Å². The monoisotopic (exact) mass is 163 g/mol. The van der Waals surface area contributed by atoms with E-state index in [1.54, 1.807) is 0 Å². The molecule has 1 aromatic carbocycles. The fraction of sp³-hybridized carbons (Fsp3) is 0.222. The maximum Gasteiger partial charge on any atom is 0.125 e. The molecule has 0 aliphatic carbocycles. The average Bonchev–Trinajstić information content (AvgIpc) is 2.06. The van der Waals surface area contributed by atoms with Crippen molar-refractivity contribution in [2.75, 3.05) is 12.3 Å². The van der Waals surface area contributed by atoms with Gasteiger partial charge in [-0.1, -0.05) is 0 Å². The van der Waals surface area contributed by atoms with Gasteiger partial charge >= 0.3 is 0 Å². The molecule has 1 aromatic rings. The second kappa shape index (κ2) is 3.76. The number of nitrogens with zero attached hydrogens (tertiary/aromatic N) is 1. The van der Waals surface area contributed by atoms with Gasteiger partial charge in [-0.25, -0.2) is 0 Å². The zero-order valence-corrected chi connectivity index (χ0v) is 7.12. The minimum atomic E-state index is 0.567. The Hall–Kier alpha value is -1.51. The Morgan fingerprint density at radius 2 is 1.92 bits per heavy atom. The van der Waals surface area contributed by atoms with E-state index in [4.69, 9.17) is 11.5 Å². The van der Waals surface area contributed by atoms with Crippen LogP contribution in [0.3, 0.4) is 0 Å². The predicted molar refractivity (Wildman–Crippen MR) is 52.1 cm³/mol. The molecular formula is C9H13N3. The van der Waals surface area contributed by atoms with Crippen LogP contribution in [0.5, 0.6) is 0 Å². The molecule has 0 aliphatic rings. The van der Waals surface area contributed by atoms with Gasteiger partial charge in [0.2, 0.25) is 0 Å². The van der Waals surface area contributed by atoms with Crippen LogP contribution in [0.15, 0.2) is 29.3 Å². The van der Waals surface area contributed by atoms with Gasteiger partial charge in [-0.3, -0.25) is 4.99 Å². The van der Waals surface area contributed by atoms with Gasteiger partial charge in [-0.15, -0.1) is 0 Å². The van der Waals surface area contributed by atoms with Crippen molar-refractivity contribution in [2.45, 2.75) is 6.92 Å². The number of anilines is 1. The van der Waals surface area contributed by atoms with Crippen molar-refractivity contribution in [1.82, 2.24) is 0 Å². The highest BCUT2D eigenvalue weighted by Crippen LogP contribution is 2.04. The lowest BCUT2D eigenvalue weighted by atomic mass is 10.2. The largest absolute Gasteiger partial charge is 0.399 e. The van der Waals surface area contributed by atoms with E-state index in [9.17, 15) is 0 Å². The van der Waals surface area contributed by atoms with Crippen molar-refractivity contribution in [2.24, 2.45) is 10.7 Å². The molecule has 0 bridgehead atoms. The first-order valence-corrected chi connectivity index (χ1v) is 3.90. The highest BCUT2D eigenvalue weighted by atomic mass is 14.8.